The highest BCUT2D eigenvalue weighted by Gasteiger charge is 2.32. The van der Waals surface area contributed by atoms with E-state index in [9.17, 15) is 10.1 Å². The summed E-state index contributed by atoms with van der Waals surface area (Å²) in [5.41, 5.74) is 1.55. The molecule has 0 N–H and O–H groups in total. The molecule has 0 atom stereocenters. The lowest BCUT2D eigenvalue weighted by Gasteiger charge is -2.23. The minimum Gasteiger partial charge on any atom is -0.453 e. The monoisotopic (exact) mass is 288 g/mol. The summed E-state index contributed by atoms with van der Waals surface area (Å²) in [6, 6.07) is 1.87. The van der Waals surface area contributed by atoms with Gasteiger partial charge in [0.15, 0.2) is 0 Å². The number of nitro groups is 1. The van der Waals surface area contributed by atoms with Gasteiger partial charge in [-0.3, -0.25) is 19.8 Å². The van der Waals surface area contributed by atoms with Gasteiger partial charge in [-0.05, 0) is 11.6 Å². The molecule has 2 aromatic rings. The smallest absolute Gasteiger partial charge is 0.307 e. The Balaban J connectivity index is 1.81. The van der Waals surface area contributed by atoms with Crippen LogP contribution in [-0.2, 0) is 21.8 Å². The molecule has 108 valence electrons. The maximum atomic E-state index is 10.6. The maximum Gasteiger partial charge on any atom is 0.307 e. The van der Waals surface area contributed by atoms with Crippen molar-refractivity contribution in [3.8, 4) is 0 Å². The molecule has 2 aromatic heterocycles. The molecule has 0 amide bonds. The van der Waals surface area contributed by atoms with E-state index in [1.54, 1.807) is 19.3 Å². The molecule has 0 aliphatic carbocycles. The Labute approximate surface area is 119 Å². The molecule has 21 heavy (non-hydrogen) atoms. The Bertz CT molecular complexity index is 702. The van der Waals surface area contributed by atoms with E-state index in [0.29, 0.717) is 6.54 Å². The summed E-state index contributed by atoms with van der Waals surface area (Å²) >= 11 is 0. The fourth-order valence-electron chi connectivity index (χ4n) is 2.02. The summed E-state index contributed by atoms with van der Waals surface area (Å²) < 4.78 is 12.3. The number of ether oxygens (including phenoxy) is 2. The summed E-state index contributed by atoms with van der Waals surface area (Å²) in [5.74, 6) is -0.890. The summed E-state index contributed by atoms with van der Waals surface area (Å²) in [4.78, 5) is 14.3. The van der Waals surface area contributed by atoms with E-state index >= 15 is 0 Å². The number of hydrogen-bond acceptors (Lipinski definition) is 6. The van der Waals surface area contributed by atoms with Crippen molar-refractivity contribution in [1.29, 1.82) is 0 Å². The third-order valence-electron chi connectivity index (χ3n) is 3.14. The maximum absolute atomic E-state index is 10.6. The molecule has 3 heterocycles. The molecular formula is C13H12N4O4. The minimum atomic E-state index is -0.890. The highest BCUT2D eigenvalue weighted by molar-refractivity contribution is 5.25. The van der Waals surface area contributed by atoms with Crippen molar-refractivity contribution in [1.82, 2.24) is 14.8 Å². The normalized spacial score (nSPS) is 15.5. The minimum absolute atomic E-state index is 0.0438. The van der Waals surface area contributed by atoms with Crippen LogP contribution in [0.2, 0.25) is 0 Å². The summed E-state index contributed by atoms with van der Waals surface area (Å²) in [6.07, 6.45) is 8.86. The molecule has 0 bridgehead atoms. The van der Waals surface area contributed by atoms with Crippen LogP contribution in [0.4, 0.5) is 5.69 Å². The van der Waals surface area contributed by atoms with Crippen molar-refractivity contribution in [2.45, 2.75) is 19.3 Å². The molecule has 8 heteroatoms. The average molecular weight is 288 g/mol. The van der Waals surface area contributed by atoms with Gasteiger partial charge in [-0.2, -0.15) is 5.10 Å². The Hall–Kier alpha value is -2.90. The van der Waals surface area contributed by atoms with E-state index < -0.39 is 10.7 Å². The topological polar surface area (TPSA) is 92.3 Å². The van der Waals surface area contributed by atoms with Crippen LogP contribution in [-0.4, -0.2) is 19.7 Å². The van der Waals surface area contributed by atoms with Crippen LogP contribution in [0, 0.1) is 10.1 Å². The van der Waals surface area contributed by atoms with Crippen molar-refractivity contribution in [2.24, 2.45) is 0 Å². The van der Waals surface area contributed by atoms with Gasteiger partial charge in [-0.25, -0.2) is 0 Å². The zero-order valence-corrected chi connectivity index (χ0v) is 11.2. The lowest BCUT2D eigenvalue weighted by molar-refractivity contribution is -0.385. The molecule has 0 radical (unpaired) electrons. The Morgan fingerprint density at radius 3 is 2.76 bits per heavy atom. The van der Waals surface area contributed by atoms with Gasteiger partial charge in [0.05, 0.1) is 17.0 Å². The first-order valence-corrected chi connectivity index (χ1v) is 6.19. The van der Waals surface area contributed by atoms with Crippen LogP contribution in [0.25, 0.3) is 0 Å². The number of aromatic nitrogens is 3. The third-order valence-corrected chi connectivity index (χ3v) is 3.14. The van der Waals surface area contributed by atoms with Gasteiger partial charge < -0.3 is 9.47 Å². The molecule has 3 rings (SSSR count). The molecule has 1 aliphatic rings. The largest absolute Gasteiger partial charge is 0.453 e. The lowest BCUT2D eigenvalue weighted by Crippen LogP contribution is -2.22. The Morgan fingerprint density at radius 2 is 2.10 bits per heavy atom. The SMILES string of the molecule is CC1(c2cncc(Cn3cc([N+](=O)[O-])cn3)c2)OC=CO1. The second kappa shape index (κ2) is 4.89. The van der Waals surface area contributed by atoms with Crippen LogP contribution in [0.1, 0.15) is 18.1 Å². The van der Waals surface area contributed by atoms with Gasteiger partial charge in [-0.15, -0.1) is 0 Å². The van der Waals surface area contributed by atoms with Crippen LogP contribution >= 0.6 is 0 Å². The Kier molecular flexibility index (Phi) is 3.05. The predicted octanol–water partition coefficient (Wildman–Crippen LogP) is 1.93. The molecule has 0 fully saturated rings. The molecule has 0 unspecified atom stereocenters. The van der Waals surface area contributed by atoms with E-state index in [1.807, 2.05) is 6.07 Å². The summed E-state index contributed by atoms with van der Waals surface area (Å²) in [7, 11) is 0. The number of hydrogen-bond donors (Lipinski definition) is 0. The molecule has 0 aromatic carbocycles. The molecule has 0 saturated heterocycles. The van der Waals surface area contributed by atoms with Crippen molar-refractivity contribution >= 4 is 5.69 Å². The van der Waals surface area contributed by atoms with Gasteiger partial charge in [0.25, 0.3) is 5.79 Å². The van der Waals surface area contributed by atoms with Crippen LogP contribution in [0.5, 0.6) is 0 Å². The molecule has 0 saturated carbocycles. The van der Waals surface area contributed by atoms with Gasteiger partial charge in [-0.1, -0.05) is 0 Å². The highest BCUT2D eigenvalue weighted by atomic mass is 16.7. The number of rotatable bonds is 4. The van der Waals surface area contributed by atoms with E-state index in [4.69, 9.17) is 9.47 Å². The third kappa shape index (κ3) is 2.55. The van der Waals surface area contributed by atoms with Crippen molar-refractivity contribution in [2.75, 3.05) is 0 Å². The van der Waals surface area contributed by atoms with Gasteiger partial charge in [0, 0.05) is 19.3 Å². The average Bonchev–Trinajstić information content (AvgIpc) is 3.09. The fourth-order valence-corrected chi connectivity index (χ4v) is 2.02. The quantitative estimate of drug-likeness (QED) is 0.630. The van der Waals surface area contributed by atoms with E-state index in [0.717, 1.165) is 11.1 Å². The zero-order valence-electron chi connectivity index (χ0n) is 11.2. The first kappa shape index (κ1) is 13.1. The highest BCUT2D eigenvalue weighted by Crippen LogP contribution is 2.31. The predicted molar refractivity (Wildman–Crippen MR) is 70.9 cm³/mol. The van der Waals surface area contributed by atoms with Crippen LogP contribution in [0.3, 0.4) is 0 Å². The van der Waals surface area contributed by atoms with Gasteiger partial charge >= 0.3 is 5.69 Å². The molecule has 0 spiro atoms. The Morgan fingerprint density at radius 1 is 1.33 bits per heavy atom. The second-order valence-electron chi connectivity index (χ2n) is 4.69. The zero-order chi connectivity index (χ0) is 14.9. The van der Waals surface area contributed by atoms with Crippen molar-refractivity contribution < 1.29 is 14.4 Å². The lowest BCUT2D eigenvalue weighted by atomic mass is 10.1. The summed E-state index contributed by atoms with van der Waals surface area (Å²) in [6.45, 7) is 2.16. The van der Waals surface area contributed by atoms with Crippen LogP contribution < -0.4 is 0 Å². The number of nitrogens with zero attached hydrogens (tertiary/aromatic N) is 4. The van der Waals surface area contributed by atoms with Crippen LogP contribution in [0.15, 0.2) is 43.4 Å². The standard InChI is InChI=1S/C13H12N4O4/c1-13(20-2-3-21-13)11-4-10(5-14-6-11)8-16-9-12(7-15-16)17(18)19/h2-7,9H,8H2,1H3. The van der Waals surface area contributed by atoms with E-state index in [-0.39, 0.29) is 5.69 Å². The number of pyridine rings is 1. The summed E-state index contributed by atoms with van der Waals surface area (Å²) in [5, 5.41) is 14.6. The molecule has 8 nitrogen and oxygen atoms in total. The van der Waals surface area contributed by atoms with Crippen molar-refractivity contribution in [3.05, 3.63) is 64.6 Å². The van der Waals surface area contributed by atoms with Gasteiger partial charge in [0.1, 0.15) is 24.9 Å². The molecular weight excluding hydrogens is 276 g/mol. The fraction of sp³-hybridized carbons (Fsp3) is 0.231. The van der Waals surface area contributed by atoms with E-state index in [1.165, 1.54) is 29.6 Å². The first-order chi connectivity index (χ1) is 10.1. The van der Waals surface area contributed by atoms with E-state index in [2.05, 4.69) is 10.1 Å². The van der Waals surface area contributed by atoms with Gasteiger partial charge in [0.2, 0.25) is 0 Å². The molecule has 1 aliphatic heterocycles. The first-order valence-electron chi connectivity index (χ1n) is 6.19. The second-order valence-corrected chi connectivity index (χ2v) is 4.69. The van der Waals surface area contributed by atoms with Crippen molar-refractivity contribution in [3.63, 3.8) is 0 Å².